The first-order valence-corrected chi connectivity index (χ1v) is 4.90. The SMILES string of the molecule is CCCCCC(C(=O)O)C(C)Cl. The molecule has 0 aromatic carbocycles. The lowest BCUT2D eigenvalue weighted by atomic mass is 9.99. The van der Waals surface area contributed by atoms with Gasteiger partial charge in [-0.3, -0.25) is 4.79 Å². The number of hydrogen-bond acceptors (Lipinski definition) is 1. The molecule has 0 fully saturated rings. The highest BCUT2D eigenvalue weighted by Crippen LogP contribution is 2.18. The molecule has 0 rings (SSSR count). The Morgan fingerprint density at radius 2 is 2.08 bits per heavy atom. The predicted molar refractivity (Wildman–Crippen MR) is 50.6 cm³/mol. The van der Waals surface area contributed by atoms with E-state index >= 15 is 0 Å². The molecule has 72 valence electrons. The van der Waals surface area contributed by atoms with Crippen LogP contribution < -0.4 is 0 Å². The van der Waals surface area contributed by atoms with E-state index in [-0.39, 0.29) is 11.3 Å². The maximum atomic E-state index is 10.7. The van der Waals surface area contributed by atoms with Crippen LogP contribution in [0, 0.1) is 5.92 Å². The van der Waals surface area contributed by atoms with E-state index in [1.165, 1.54) is 0 Å². The first-order chi connectivity index (χ1) is 5.59. The smallest absolute Gasteiger partial charge is 0.307 e. The molecule has 1 N–H and O–H groups in total. The van der Waals surface area contributed by atoms with Crippen LogP contribution in [-0.2, 0) is 4.79 Å². The second-order valence-electron chi connectivity index (χ2n) is 3.12. The fourth-order valence-corrected chi connectivity index (χ4v) is 1.40. The summed E-state index contributed by atoms with van der Waals surface area (Å²) < 4.78 is 0. The molecule has 0 aliphatic heterocycles. The minimum atomic E-state index is -0.770. The van der Waals surface area contributed by atoms with Gasteiger partial charge in [0.05, 0.1) is 5.92 Å². The van der Waals surface area contributed by atoms with Gasteiger partial charge < -0.3 is 5.11 Å². The highest BCUT2D eigenvalue weighted by molar-refractivity contribution is 6.21. The number of alkyl halides is 1. The zero-order chi connectivity index (χ0) is 9.56. The van der Waals surface area contributed by atoms with Gasteiger partial charge in [-0.05, 0) is 13.3 Å². The fourth-order valence-electron chi connectivity index (χ4n) is 1.16. The van der Waals surface area contributed by atoms with Gasteiger partial charge in [0.15, 0.2) is 0 Å². The van der Waals surface area contributed by atoms with Gasteiger partial charge in [-0.1, -0.05) is 26.2 Å². The van der Waals surface area contributed by atoms with Crippen LogP contribution in [-0.4, -0.2) is 16.5 Å². The highest BCUT2D eigenvalue weighted by atomic mass is 35.5. The van der Waals surface area contributed by atoms with Crippen LogP contribution in [0.15, 0.2) is 0 Å². The Labute approximate surface area is 78.9 Å². The van der Waals surface area contributed by atoms with Crippen molar-refractivity contribution in [2.75, 3.05) is 0 Å². The standard InChI is InChI=1S/C9H17ClO2/c1-3-4-5-6-8(7(2)10)9(11)12/h7-8H,3-6H2,1-2H3,(H,11,12). The molecule has 2 unspecified atom stereocenters. The number of aliphatic carboxylic acids is 1. The summed E-state index contributed by atoms with van der Waals surface area (Å²) in [6, 6.07) is 0. The van der Waals surface area contributed by atoms with Gasteiger partial charge in [-0.15, -0.1) is 11.6 Å². The third-order valence-corrected chi connectivity index (χ3v) is 2.29. The Balaban J connectivity index is 3.72. The summed E-state index contributed by atoms with van der Waals surface area (Å²) in [5, 5.41) is 8.49. The highest BCUT2D eigenvalue weighted by Gasteiger charge is 2.21. The van der Waals surface area contributed by atoms with Gasteiger partial charge in [-0.25, -0.2) is 0 Å². The topological polar surface area (TPSA) is 37.3 Å². The molecule has 0 radical (unpaired) electrons. The number of hydrogen-bond donors (Lipinski definition) is 1. The molecule has 0 heterocycles. The Bertz CT molecular complexity index is 134. The maximum absolute atomic E-state index is 10.7. The van der Waals surface area contributed by atoms with Crippen LogP contribution in [0.1, 0.15) is 39.5 Å². The monoisotopic (exact) mass is 192 g/mol. The molecule has 0 aromatic rings. The van der Waals surface area contributed by atoms with Crippen molar-refractivity contribution in [2.24, 2.45) is 5.92 Å². The van der Waals surface area contributed by atoms with Gasteiger partial charge in [-0.2, -0.15) is 0 Å². The van der Waals surface area contributed by atoms with Crippen LogP contribution >= 0.6 is 11.6 Å². The number of carboxylic acid groups (broad SMARTS) is 1. The van der Waals surface area contributed by atoms with E-state index in [0.717, 1.165) is 19.3 Å². The largest absolute Gasteiger partial charge is 0.481 e. The molecule has 12 heavy (non-hydrogen) atoms. The van der Waals surface area contributed by atoms with E-state index in [4.69, 9.17) is 16.7 Å². The van der Waals surface area contributed by atoms with Gasteiger partial charge in [0.1, 0.15) is 0 Å². The van der Waals surface area contributed by atoms with Crippen LogP contribution in [0.2, 0.25) is 0 Å². The predicted octanol–water partition coefficient (Wildman–Crippen LogP) is 2.89. The molecule has 0 saturated carbocycles. The summed E-state index contributed by atoms with van der Waals surface area (Å²) in [7, 11) is 0. The molecule has 3 heteroatoms. The third kappa shape index (κ3) is 4.60. The third-order valence-electron chi connectivity index (χ3n) is 1.99. The van der Waals surface area contributed by atoms with Crippen LogP contribution in [0.25, 0.3) is 0 Å². The van der Waals surface area contributed by atoms with Crippen molar-refractivity contribution in [3.05, 3.63) is 0 Å². The molecule has 0 aliphatic carbocycles. The molecular weight excluding hydrogens is 176 g/mol. The summed E-state index contributed by atoms with van der Waals surface area (Å²) in [5.74, 6) is -1.15. The number of carbonyl (C=O) groups is 1. The first-order valence-electron chi connectivity index (χ1n) is 4.46. The summed E-state index contributed by atoms with van der Waals surface area (Å²) in [6.07, 6.45) is 3.87. The van der Waals surface area contributed by atoms with Crippen molar-refractivity contribution >= 4 is 17.6 Å². The first kappa shape index (κ1) is 11.8. The summed E-state index contributed by atoms with van der Waals surface area (Å²) in [6.45, 7) is 3.84. The summed E-state index contributed by atoms with van der Waals surface area (Å²) >= 11 is 5.74. The van der Waals surface area contributed by atoms with Crippen molar-refractivity contribution in [1.29, 1.82) is 0 Å². The molecule has 0 saturated heterocycles. The number of unbranched alkanes of at least 4 members (excludes halogenated alkanes) is 2. The van der Waals surface area contributed by atoms with Crippen molar-refractivity contribution in [1.82, 2.24) is 0 Å². The van der Waals surface area contributed by atoms with Crippen LogP contribution in [0.3, 0.4) is 0 Å². The average Bonchev–Trinajstić information content (AvgIpc) is 1.96. The lowest BCUT2D eigenvalue weighted by Gasteiger charge is -2.13. The van der Waals surface area contributed by atoms with E-state index in [9.17, 15) is 4.79 Å². The van der Waals surface area contributed by atoms with E-state index in [0.29, 0.717) is 6.42 Å². The quantitative estimate of drug-likeness (QED) is 0.519. The molecular formula is C9H17ClO2. The van der Waals surface area contributed by atoms with E-state index in [1.54, 1.807) is 6.92 Å². The molecule has 2 atom stereocenters. The minimum absolute atomic E-state index is 0.264. The number of halogens is 1. The van der Waals surface area contributed by atoms with E-state index in [1.807, 2.05) is 0 Å². The zero-order valence-electron chi connectivity index (χ0n) is 7.72. The fraction of sp³-hybridized carbons (Fsp3) is 0.889. The van der Waals surface area contributed by atoms with Crippen LogP contribution in [0.5, 0.6) is 0 Å². The Kier molecular flexibility index (Phi) is 6.17. The van der Waals surface area contributed by atoms with E-state index < -0.39 is 5.97 Å². The van der Waals surface area contributed by atoms with E-state index in [2.05, 4.69) is 6.92 Å². The zero-order valence-corrected chi connectivity index (χ0v) is 8.47. The van der Waals surface area contributed by atoms with Crippen molar-refractivity contribution in [3.8, 4) is 0 Å². The second kappa shape index (κ2) is 6.30. The number of carboxylic acids is 1. The van der Waals surface area contributed by atoms with Crippen LogP contribution in [0.4, 0.5) is 0 Å². The van der Waals surface area contributed by atoms with Gasteiger partial charge in [0, 0.05) is 5.38 Å². The van der Waals surface area contributed by atoms with Gasteiger partial charge in [0.2, 0.25) is 0 Å². The maximum Gasteiger partial charge on any atom is 0.307 e. The molecule has 0 spiro atoms. The molecule has 2 nitrogen and oxygen atoms in total. The molecule has 0 aliphatic rings. The molecule has 0 bridgehead atoms. The van der Waals surface area contributed by atoms with Crippen molar-refractivity contribution < 1.29 is 9.90 Å². The summed E-state index contributed by atoms with van der Waals surface area (Å²) in [5.41, 5.74) is 0. The second-order valence-corrected chi connectivity index (χ2v) is 3.81. The van der Waals surface area contributed by atoms with Gasteiger partial charge in [0.25, 0.3) is 0 Å². The van der Waals surface area contributed by atoms with Gasteiger partial charge >= 0.3 is 5.97 Å². The minimum Gasteiger partial charge on any atom is -0.481 e. The normalized spacial score (nSPS) is 15.6. The summed E-state index contributed by atoms with van der Waals surface area (Å²) in [4.78, 5) is 10.7. The number of rotatable bonds is 6. The van der Waals surface area contributed by atoms with Crippen molar-refractivity contribution in [3.63, 3.8) is 0 Å². The Morgan fingerprint density at radius 1 is 1.50 bits per heavy atom. The molecule has 0 amide bonds. The average molecular weight is 193 g/mol. The lowest BCUT2D eigenvalue weighted by molar-refractivity contribution is -0.141. The Morgan fingerprint density at radius 3 is 2.42 bits per heavy atom. The Hall–Kier alpha value is -0.240. The molecule has 0 aromatic heterocycles. The lowest BCUT2D eigenvalue weighted by Crippen LogP contribution is -2.21. The van der Waals surface area contributed by atoms with Crippen molar-refractivity contribution in [2.45, 2.75) is 44.9 Å².